The molecule has 0 fully saturated rings. The zero-order chi connectivity index (χ0) is 12.9. The number of nitrogens with zero attached hydrogens (tertiary/aromatic N) is 2. The molecule has 0 atom stereocenters. The fraction of sp³-hybridized carbons (Fsp3) is 0.417. The van der Waals surface area contributed by atoms with Gasteiger partial charge in [0.05, 0.1) is 4.90 Å². The van der Waals surface area contributed by atoms with E-state index in [-0.39, 0.29) is 4.90 Å². The maximum Gasteiger partial charge on any atom is 0.283 e. The smallest absolute Gasteiger partial charge is 0.283 e. The Morgan fingerprint density at radius 3 is 2.18 bits per heavy atom. The largest absolute Gasteiger partial charge is 0.362 e. The second-order valence-electron chi connectivity index (χ2n) is 3.73. The average molecular weight is 254 g/mol. The highest BCUT2D eigenvalue weighted by Gasteiger charge is 2.11. The SMILES string of the molecule is CCN(/C=N\S(=O)(=O)c1ccc(C)cc1)CC. The van der Waals surface area contributed by atoms with Gasteiger partial charge in [-0.15, -0.1) is 4.40 Å². The van der Waals surface area contributed by atoms with Crippen molar-refractivity contribution in [3.63, 3.8) is 0 Å². The van der Waals surface area contributed by atoms with E-state index in [2.05, 4.69) is 4.40 Å². The van der Waals surface area contributed by atoms with Gasteiger partial charge in [-0.1, -0.05) is 17.7 Å². The van der Waals surface area contributed by atoms with E-state index in [1.807, 2.05) is 25.7 Å². The highest BCUT2D eigenvalue weighted by atomic mass is 32.2. The molecule has 0 unspecified atom stereocenters. The Labute approximate surface area is 103 Å². The summed E-state index contributed by atoms with van der Waals surface area (Å²) in [5, 5.41) is 0. The molecule has 4 nitrogen and oxygen atoms in total. The van der Waals surface area contributed by atoms with E-state index in [1.165, 1.54) is 6.34 Å². The minimum atomic E-state index is -3.56. The molecule has 1 rings (SSSR count). The number of hydrogen-bond donors (Lipinski definition) is 0. The zero-order valence-corrected chi connectivity index (χ0v) is 11.2. The second kappa shape index (κ2) is 5.82. The van der Waals surface area contributed by atoms with Crippen molar-refractivity contribution >= 4 is 16.4 Å². The van der Waals surface area contributed by atoms with E-state index in [4.69, 9.17) is 0 Å². The Bertz CT molecular complexity index is 474. The number of benzene rings is 1. The lowest BCUT2D eigenvalue weighted by atomic mass is 10.2. The topological polar surface area (TPSA) is 49.7 Å². The molecule has 0 radical (unpaired) electrons. The normalized spacial score (nSPS) is 11.9. The van der Waals surface area contributed by atoms with Gasteiger partial charge in [-0.25, -0.2) is 0 Å². The van der Waals surface area contributed by atoms with Crippen molar-refractivity contribution in [2.45, 2.75) is 25.7 Å². The summed E-state index contributed by atoms with van der Waals surface area (Å²) in [7, 11) is -3.56. The van der Waals surface area contributed by atoms with Gasteiger partial charge in [-0.3, -0.25) is 0 Å². The van der Waals surface area contributed by atoms with Crippen LogP contribution in [-0.4, -0.2) is 32.7 Å². The predicted octanol–water partition coefficient (Wildman–Crippen LogP) is 2.05. The molecule has 5 heteroatoms. The predicted molar refractivity (Wildman–Crippen MR) is 69.8 cm³/mol. The third-order valence-electron chi connectivity index (χ3n) is 2.48. The maximum absolute atomic E-state index is 11.9. The van der Waals surface area contributed by atoms with Crippen molar-refractivity contribution in [1.29, 1.82) is 0 Å². The van der Waals surface area contributed by atoms with Crippen LogP contribution in [0, 0.1) is 6.92 Å². The molecule has 17 heavy (non-hydrogen) atoms. The summed E-state index contributed by atoms with van der Waals surface area (Å²) in [4.78, 5) is 2.05. The van der Waals surface area contributed by atoms with Gasteiger partial charge in [-0.05, 0) is 32.9 Å². The first-order valence-electron chi connectivity index (χ1n) is 5.60. The summed E-state index contributed by atoms with van der Waals surface area (Å²) >= 11 is 0. The summed E-state index contributed by atoms with van der Waals surface area (Å²) in [5.74, 6) is 0. The highest BCUT2D eigenvalue weighted by Crippen LogP contribution is 2.12. The molecule has 1 aromatic rings. The van der Waals surface area contributed by atoms with E-state index in [9.17, 15) is 8.42 Å². The van der Waals surface area contributed by atoms with Gasteiger partial charge in [0.1, 0.15) is 6.34 Å². The van der Waals surface area contributed by atoms with Gasteiger partial charge in [0.2, 0.25) is 0 Å². The third-order valence-corrected chi connectivity index (χ3v) is 3.72. The van der Waals surface area contributed by atoms with E-state index in [0.29, 0.717) is 0 Å². The van der Waals surface area contributed by atoms with E-state index in [1.54, 1.807) is 24.3 Å². The van der Waals surface area contributed by atoms with Crippen LogP contribution in [0.5, 0.6) is 0 Å². The van der Waals surface area contributed by atoms with Crippen molar-refractivity contribution in [3.05, 3.63) is 29.8 Å². The van der Waals surface area contributed by atoms with E-state index >= 15 is 0 Å². The Hall–Kier alpha value is -1.36. The minimum Gasteiger partial charge on any atom is -0.362 e. The van der Waals surface area contributed by atoms with E-state index < -0.39 is 10.0 Å². The maximum atomic E-state index is 11.9. The lowest BCUT2D eigenvalue weighted by Gasteiger charge is -2.13. The monoisotopic (exact) mass is 254 g/mol. The zero-order valence-electron chi connectivity index (χ0n) is 10.4. The molecule has 0 aliphatic heterocycles. The molecular weight excluding hydrogens is 236 g/mol. The van der Waals surface area contributed by atoms with Crippen molar-refractivity contribution < 1.29 is 8.42 Å². The van der Waals surface area contributed by atoms with Gasteiger partial charge in [0.25, 0.3) is 10.0 Å². The van der Waals surface area contributed by atoms with E-state index in [0.717, 1.165) is 18.7 Å². The molecule has 94 valence electrons. The first-order chi connectivity index (χ1) is 7.99. The Morgan fingerprint density at radius 1 is 1.18 bits per heavy atom. The number of sulfonamides is 1. The van der Waals surface area contributed by atoms with Crippen LogP contribution < -0.4 is 0 Å². The third kappa shape index (κ3) is 3.85. The van der Waals surface area contributed by atoms with Crippen LogP contribution in [0.2, 0.25) is 0 Å². The number of rotatable bonds is 5. The molecule has 0 aromatic heterocycles. The van der Waals surface area contributed by atoms with Crippen molar-refractivity contribution in [3.8, 4) is 0 Å². The van der Waals surface area contributed by atoms with Crippen LogP contribution in [0.1, 0.15) is 19.4 Å². The Morgan fingerprint density at radius 2 is 1.71 bits per heavy atom. The summed E-state index contributed by atoms with van der Waals surface area (Å²) in [6.45, 7) is 7.30. The highest BCUT2D eigenvalue weighted by molar-refractivity contribution is 7.90. The summed E-state index contributed by atoms with van der Waals surface area (Å²) in [6.07, 6.45) is 1.38. The average Bonchev–Trinajstić information content (AvgIpc) is 2.31. The summed E-state index contributed by atoms with van der Waals surface area (Å²) in [6, 6.07) is 6.67. The van der Waals surface area contributed by atoms with Crippen molar-refractivity contribution in [1.82, 2.24) is 4.90 Å². The lowest BCUT2D eigenvalue weighted by Crippen LogP contribution is -2.21. The Balaban J connectivity index is 2.92. The van der Waals surface area contributed by atoms with Crippen molar-refractivity contribution in [2.24, 2.45) is 4.40 Å². The molecule has 0 N–H and O–H groups in total. The summed E-state index contributed by atoms with van der Waals surface area (Å²) in [5.41, 5.74) is 1.02. The molecule has 1 aromatic carbocycles. The van der Waals surface area contributed by atoms with Crippen molar-refractivity contribution in [2.75, 3.05) is 13.1 Å². The van der Waals surface area contributed by atoms with Crippen LogP contribution in [0.25, 0.3) is 0 Å². The van der Waals surface area contributed by atoms with Gasteiger partial charge in [0, 0.05) is 13.1 Å². The van der Waals surface area contributed by atoms with Gasteiger partial charge >= 0.3 is 0 Å². The fourth-order valence-electron chi connectivity index (χ4n) is 1.29. The standard InChI is InChI=1S/C12H18N2O2S/c1-4-14(5-2)10-13-17(15,16)12-8-6-11(3)7-9-12/h6-10H,4-5H2,1-3H3/b13-10-. The minimum absolute atomic E-state index is 0.228. The fourth-order valence-corrected chi connectivity index (χ4v) is 2.15. The number of aryl methyl sites for hydroxylation is 1. The Kier molecular flexibility index (Phi) is 4.69. The molecule has 0 amide bonds. The lowest BCUT2D eigenvalue weighted by molar-refractivity contribution is 0.480. The molecule has 0 saturated carbocycles. The van der Waals surface area contributed by atoms with Gasteiger partial charge < -0.3 is 4.90 Å². The number of hydrogen-bond acceptors (Lipinski definition) is 2. The molecular formula is C12H18N2O2S. The molecule has 0 saturated heterocycles. The van der Waals surface area contributed by atoms with Crippen LogP contribution in [0.4, 0.5) is 0 Å². The first kappa shape index (κ1) is 13.7. The summed E-state index contributed by atoms with van der Waals surface area (Å²) < 4.78 is 27.4. The molecule has 0 heterocycles. The van der Waals surface area contributed by atoms with Crippen LogP contribution in [0.3, 0.4) is 0 Å². The second-order valence-corrected chi connectivity index (χ2v) is 5.36. The van der Waals surface area contributed by atoms with Crippen LogP contribution >= 0.6 is 0 Å². The molecule has 0 spiro atoms. The first-order valence-corrected chi connectivity index (χ1v) is 7.04. The quantitative estimate of drug-likeness (QED) is 0.597. The molecule has 0 aliphatic carbocycles. The van der Waals surface area contributed by atoms with Gasteiger partial charge in [0.15, 0.2) is 0 Å². The molecule has 0 bridgehead atoms. The van der Waals surface area contributed by atoms with Gasteiger partial charge in [-0.2, -0.15) is 8.42 Å². The van der Waals surface area contributed by atoms with Crippen LogP contribution in [0.15, 0.2) is 33.6 Å². The van der Waals surface area contributed by atoms with Crippen LogP contribution in [-0.2, 0) is 10.0 Å². The molecule has 0 aliphatic rings.